The van der Waals surface area contributed by atoms with Crippen molar-refractivity contribution in [2.24, 2.45) is 0 Å². The van der Waals surface area contributed by atoms with E-state index in [1.807, 2.05) is 256 Å². The molecule has 6 aliphatic heterocycles. The summed E-state index contributed by atoms with van der Waals surface area (Å²) in [4.78, 5) is 3.96. The van der Waals surface area contributed by atoms with Crippen molar-refractivity contribution in [3.05, 3.63) is 254 Å². The predicted octanol–water partition coefficient (Wildman–Crippen LogP) is 5.03. The van der Waals surface area contributed by atoms with Crippen molar-refractivity contribution in [2.75, 3.05) is 6.54 Å². The van der Waals surface area contributed by atoms with E-state index in [-0.39, 0.29) is 25.1 Å². The summed E-state index contributed by atoms with van der Waals surface area (Å²) in [5.41, 5.74) is 0. The monoisotopic (exact) mass is 1260 g/mol. The number of nitriles is 1. The molecular weight excluding hydrogens is 1210 g/mol. The fourth-order valence-corrected chi connectivity index (χ4v) is 66.9. The van der Waals surface area contributed by atoms with E-state index in [4.69, 9.17) is 64.2 Å². The van der Waals surface area contributed by atoms with E-state index in [2.05, 4.69) is 10.9 Å². The van der Waals surface area contributed by atoms with Gasteiger partial charge in [0.05, 0.1) is 12.1 Å². The van der Waals surface area contributed by atoms with Gasteiger partial charge in [-0.15, -0.1) is 0 Å². The molecule has 4 atom stereocenters. The van der Waals surface area contributed by atoms with Crippen LogP contribution in [0.3, 0.4) is 0 Å². The summed E-state index contributed by atoms with van der Waals surface area (Å²) in [7, 11) is -49.5. The Hall–Kier alpha value is -5.65. The Kier molecular flexibility index (Phi) is 14.7. The topological polar surface area (TPSA) is 157 Å². The van der Waals surface area contributed by atoms with Gasteiger partial charge in [-0.2, -0.15) is 5.26 Å². The minimum Gasteiger partial charge on any atom is -0.391 e. The maximum Gasteiger partial charge on any atom is 0.515 e. The van der Waals surface area contributed by atoms with Gasteiger partial charge in [-0.05, 0) is 13.1 Å². The first kappa shape index (κ1) is 55.5. The van der Waals surface area contributed by atoms with Crippen LogP contribution in [0.15, 0.2) is 243 Å². The summed E-state index contributed by atoms with van der Waals surface area (Å²) in [6.07, 6.45) is -0.0111. The van der Waals surface area contributed by atoms with Gasteiger partial charge in [0, 0.05) is 54.0 Å². The van der Waals surface area contributed by atoms with Crippen LogP contribution in [-0.4, -0.2) is 94.1 Å². The summed E-state index contributed by atoms with van der Waals surface area (Å²) in [5.74, 6) is 0. The van der Waals surface area contributed by atoms with E-state index in [9.17, 15) is 5.26 Å². The minimum absolute atomic E-state index is 0.0111. The predicted molar refractivity (Wildman–Crippen MR) is 324 cm³/mol. The van der Waals surface area contributed by atoms with Crippen LogP contribution in [0.25, 0.3) is 4.85 Å². The second-order valence-corrected chi connectivity index (χ2v) is 50.8. The maximum absolute atomic E-state index is 10.7. The van der Waals surface area contributed by atoms with Crippen molar-refractivity contribution in [1.82, 2.24) is 0 Å². The van der Waals surface area contributed by atoms with Crippen molar-refractivity contribution in [2.45, 2.75) is 31.6 Å². The third kappa shape index (κ3) is 9.97. The van der Waals surface area contributed by atoms with Gasteiger partial charge < -0.3 is 62.5 Å². The first-order valence-corrected chi connectivity index (χ1v) is 45.7. The number of benzene rings is 8. The van der Waals surface area contributed by atoms with E-state index in [1.165, 1.54) is 0 Å². The molecule has 16 nitrogen and oxygen atoms in total. The van der Waals surface area contributed by atoms with Gasteiger partial charge in [0.15, 0.2) is 0 Å². The number of fused-ring (bicyclic) bond motifs is 4. The van der Waals surface area contributed by atoms with Crippen molar-refractivity contribution < 1.29 is 57.6 Å². The lowest BCUT2D eigenvalue weighted by atomic mass is 10.4. The molecule has 0 amide bonds. The average molecular weight is 1260 g/mol. The third-order valence-corrected chi connectivity index (χ3v) is 57.8. The van der Waals surface area contributed by atoms with Crippen molar-refractivity contribution >= 4 is 129 Å². The third-order valence-electron chi connectivity index (χ3n) is 14.5. The van der Waals surface area contributed by atoms with Gasteiger partial charge in [-0.3, -0.25) is 0 Å². The molecule has 4 unspecified atom stereocenters. The van der Waals surface area contributed by atoms with Gasteiger partial charge in [-0.25, -0.2) is 6.57 Å². The lowest BCUT2D eigenvalue weighted by Gasteiger charge is -2.60. The molecule has 6 fully saturated rings. The van der Waals surface area contributed by atoms with Gasteiger partial charge in [0.25, 0.3) is 0 Å². The Labute approximate surface area is 487 Å². The van der Waals surface area contributed by atoms with Crippen molar-refractivity contribution in [1.29, 1.82) is 5.26 Å². The van der Waals surface area contributed by atoms with Crippen LogP contribution in [0.5, 0.6) is 0 Å². The fourth-order valence-electron chi connectivity index (χ4n) is 10.7. The molecular formula is C56H54N2O14Si10. The van der Waals surface area contributed by atoms with Crippen molar-refractivity contribution in [3.8, 4) is 6.07 Å². The molecule has 6 aliphatic rings. The highest BCUT2D eigenvalue weighted by Gasteiger charge is 2.83. The van der Waals surface area contributed by atoms with Crippen LogP contribution in [-0.2, 0) is 57.6 Å². The van der Waals surface area contributed by atoms with E-state index in [0.717, 1.165) is 0 Å². The van der Waals surface area contributed by atoms with Crippen LogP contribution < -0.4 is 41.5 Å². The molecule has 8 bridgehead atoms. The fraction of sp³-hybridized carbons (Fsp3) is 0.107. The number of nitrogens with zero attached hydrogens (tertiary/aromatic N) is 2. The second-order valence-electron chi connectivity index (χ2n) is 20.4. The molecule has 0 radical (unpaired) electrons. The van der Waals surface area contributed by atoms with Crippen LogP contribution >= 0.6 is 0 Å². The minimum atomic E-state index is -5.22. The summed E-state index contributed by atoms with van der Waals surface area (Å²) in [5, 5.41) is 14.4. The molecule has 8 aromatic rings. The van der Waals surface area contributed by atoms with E-state index >= 15 is 0 Å². The first-order chi connectivity index (χ1) is 39.9. The molecule has 6 heterocycles. The highest BCUT2D eigenvalue weighted by molar-refractivity contribution is 7.12. The highest BCUT2D eigenvalue weighted by Crippen LogP contribution is 2.47. The van der Waals surface area contributed by atoms with Gasteiger partial charge >= 0.3 is 87.6 Å². The lowest BCUT2D eigenvalue weighted by molar-refractivity contribution is 0.0254. The molecule has 412 valence electrons. The normalized spacial score (nSPS) is 34.0. The summed E-state index contributed by atoms with van der Waals surface area (Å²) in [6.45, 7) is 12.2. The van der Waals surface area contributed by atoms with E-state index in [0.29, 0.717) is 41.5 Å². The number of rotatable bonds is 12. The summed E-state index contributed by atoms with van der Waals surface area (Å²) in [6, 6.07) is 78.2. The van der Waals surface area contributed by atoms with E-state index < -0.39 is 87.6 Å². The molecule has 82 heavy (non-hydrogen) atoms. The molecule has 26 heteroatoms. The second kappa shape index (κ2) is 21.8. The zero-order valence-corrected chi connectivity index (χ0v) is 54.5. The molecule has 6 saturated heterocycles. The molecule has 0 N–H and O–H groups in total. The first-order valence-electron chi connectivity index (χ1n) is 26.8. The zero-order valence-electron chi connectivity index (χ0n) is 44.5. The molecule has 14 rings (SSSR count). The Bertz CT molecular complexity index is 3160. The molecule has 0 saturated carbocycles. The Morgan fingerprint density at radius 3 is 0.634 bits per heavy atom. The standard InChI is InChI=1S/C56H54N2O14Si10/c1-58-46-48-74(3)61-77(51-33-16-6-17-34-51)67-79(53-37-20-8-21-38-53)63-75(49-29-12-4-13-30-49)59-73(2,47-28-45-57)60-76(50-31-14-5-15-32-50)65-81(71-79,55-41-24-10-25-42-55)69-78(62-74,52-35-18-7-19-36-52)70-82(66-76,56-43-26-11-27-44-56)72-80(64-75,68-77)54-39-22-9-23-40-54/h4-27,29-44H,28,46-48H2,2-3H3. The zero-order chi connectivity index (χ0) is 56.0. The highest BCUT2D eigenvalue weighted by atomic mass is 28.6. The van der Waals surface area contributed by atoms with Gasteiger partial charge in [-0.1, -0.05) is 243 Å². The summed E-state index contributed by atoms with van der Waals surface area (Å²) >= 11 is 0. The smallest absolute Gasteiger partial charge is 0.391 e. The SMILES string of the molecule is [C-]#[N+]CC[Si]1(C)O[Si]2(c3ccccc3)O[Si]3(c4ccccc4)O[Si]4(c5ccccc5)O[Si](C)(CCC#N)O[Si]5(c6ccccc6)O[Si](c6ccccc6)(O[Si](c6ccccc6)(O1)O[Si](c1ccccc1)(O5)O[Si](c1ccccc1)(O4)O2)O3. The molecule has 0 aromatic heterocycles. The Balaban J connectivity index is 1.32. The molecule has 0 aliphatic carbocycles. The van der Waals surface area contributed by atoms with E-state index in [1.54, 1.807) is 0 Å². The number of hydrogen-bond donors (Lipinski definition) is 0. The van der Waals surface area contributed by atoms with Crippen LogP contribution in [0.2, 0.25) is 25.2 Å². The maximum atomic E-state index is 10.7. The Morgan fingerprint density at radius 2 is 0.463 bits per heavy atom. The average Bonchev–Trinajstić information content (AvgIpc) is 0.936. The van der Waals surface area contributed by atoms with Crippen molar-refractivity contribution in [3.63, 3.8) is 0 Å². The largest absolute Gasteiger partial charge is 0.515 e. The van der Waals surface area contributed by atoms with Crippen LogP contribution in [0, 0.1) is 17.9 Å². The lowest BCUT2D eigenvalue weighted by Crippen LogP contribution is -2.93. The van der Waals surface area contributed by atoms with Gasteiger partial charge in [0.1, 0.15) is 0 Å². The van der Waals surface area contributed by atoms with Crippen LogP contribution in [0.4, 0.5) is 0 Å². The molecule has 8 aromatic carbocycles. The quantitative estimate of drug-likeness (QED) is 0.119. The summed E-state index contributed by atoms with van der Waals surface area (Å²) < 4.78 is 117. The number of hydrogen-bond acceptors (Lipinski definition) is 15. The van der Waals surface area contributed by atoms with Gasteiger partial charge in [0.2, 0.25) is 6.54 Å². The molecule has 0 spiro atoms. The Morgan fingerprint density at radius 1 is 0.293 bits per heavy atom. The van der Waals surface area contributed by atoms with Crippen LogP contribution in [0.1, 0.15) is 6.42 Å².